The average Bonchev–Trinajstić information content (AvgIpc) is 2.28. The molecule has 3 rings (SSSR count). The van der Waals surface area contributed by atoms with E-state index >= 15 is 0 Å². The Morgan fingerprint density at radius 1 is 1.24 bits per heavy atom. The molecule has 3 nitrogen and oxygen atoms in total. The highest BCUT2D eigenvalue weighted by molar-refractivity contribution is 5.41. The van der Waals surface area contributed by atoms with Crippen LogP contribution in [0.15, 0.2) is 24.3 Å². The van der Waals surface area contributed by atoms with Gasteiger partial charge < -0.3 is 14.8 Å². The third-order valence-electron chi connectivity index (χ3n) is 3.54. The number of nitrogens with one attached hydrogen (secondary N) is 1. The van der Waals surface area contributed by atoms with Gasteiger partial charge in [-0.2, -0.15) is 0 Å². The lowest BCUT2D eigenvalue weighted by atomic mass is 9.79. The van der Waals surface area contributed by atoms with Crippen molar-refractivity contribution in [2.75, 3.05) is 19.7 Å². The Morgan fingerprint density at radius 3 is 2.82 bits per heavy atom. The van der Waals surface area contributed by atoms with E-state index in [2.05, 4.69) is 31.3 Å². The Hall–Kier alpha value is -1.06. The van der Waals surface area contributed by atoms with Gasteiger partial charge in [-0.25, -0.2) is 0 Å². The van der Waals surface area contributed by atoms with Gasteiger partial charge in [-0.05, 0) is 19.9 Å². The zero-order valence-corrected chi connectivity index (χ0v) is 10.5. The maximum absolute atomic E-state index is 6.13. The molecular weight excluding hydrogens is 214 g/mol. The van der Waals surface area contributed by atoms with Crippen LogP contribution in [-0.4, -0.2) is 25.3 Å². The van der Waals surface area contributed by atoms with Gasteiger partial charge in [0.2, 0.25) is 0 Å². The Kier molecular flexibility index (Phi) is 2.42. The van der Waals surface area contributed by atoms with E-state index in [1.165, 1.54) is 5.56 Å². The second kappa shape index (κ2) is 3.72. The molecule has 1 N–H and O–H groups in total. The third kappa shape index (κ3) is 1.83. The van der Waals surface area contributed by atoms with Crippen molar-refractivity contribution >= 4 is 0 Å². The van der Waals surface area contributed by atoms with E-state index < -0.39 is 0 Å². The molecule has 0 bridgehead atoms. The maximum Gasteiger partial charge on any atom is 0.126 e. The molecule has 0 amide bonds. The normalized spacial score (nSPS) is 30.7. The van der Waals surface area contributed by atoms with Crippen LogP contribution in [0.25, 0.3) is 0 Å². The molecule has 0 saturated carbocycles. The van der Waals surface area contributed by atoms with Crippen molar-refractivity contribution in [1.29, 1.82) is 0 Å². The number of hydrogen-bond acceptors (Lipinski definition) is 3. The van der Waals surface area contributed by atoms with E-state index in [-0.39, 0.29) is 11.2 Å². The van der Waals surface area contributed by atoms with E-state index in [0.29, 0.717) is 0 Å². The summed E-state index contributed by atoms with van der Waals surface area (Å²) in [5.74, 6) is 0.965. The number of fused-ring (bicyclic) bond motifs is 2. The summed E-state index contributed by atoms with van der Waals surface area (Å²) >= 11 is 0. The van der Waals surface area contributed by atoms with Crippen molar-refractivity contribution in [2.24, 2.45) is 0 Å². The fourth-order valence-electron chi connectivity index (χ4n) is 3.00. The summed E-state index contributed by atoms with van der Waals surface area (Å²) in [6.07, 6.45) is 0.893. The van der Waals surface area contributed by atoms with Gasteiger partial charge >= 0.3 is 0 Å². The van der Waals surface area contributed by atoms with E-state index in [0.717, 1.165) is 31.9 Å². The summed E-state index contributed by atoms with van der Waals surface area (Å²) in [6.45, 7) is 6.83. The van der Waals surface area contributed by atoms with Crippen molar-refractivity contribution in [1.82, 2.24) is 5.32 Å². The molecule has 3 heteroatoms. The van der Waals surface area contributed by atoms with Gasteiger partial charge in [0.15, 0.2) is 0 Å². The van der Waals surface area contributed by atoms with E-state index in [1.54, 1.807) is 0 Å². The second-order valence-electron chi connectivity index (χ2n) is 5.55. The van der Waals surface area contributed by atoms with Crippen LogP contribution in [-0.2, 0) is 10.3 Å². The number of hydrogen-bond donors (Lipinski definition) is 1. The van der Waals surface area contributed by atoms with Crippen LogP contribution in [0.1, 0.15) is 25.8 Å². The fourth-order valence-corrected chi connectivity index (χ4v) is 3.00. The van der Waals surface area contributed by atoms with E-state index in [1.807, 2.05) is 12.1 Å². The lowest BCUT2D eigenvalue weighted by Gasteiger charge is -2.47. The summed E-state index contributed by atoms with van der Waals surface area (Å²) in [5.41, 5.74) is 0.802. The van der Waals surface area contributed by atoms with Crippen LogP contribution in [0, 0.1) is 0 Å². The first kappa shape index (κ1) is 11.1. The molecule has 92 valence electrons. The molecule has 2 heterocycles. The largest absolute Gasteiger partial charge is 0.487 e. The number of benzene rings is 1. The zero-order valence-electron chi connectivity index (χ0n) is 10.5. The van der Waals surface area contributed by atoms with E-state index in [9.17, 15) is 0 Å². The van der Waals surface area contributed by atoms with Gasteiger partial charge in [0.05, 0.1) is 6.61 Å². The van der Waals surface area contributed by atoms with Crippen molar-refractivity contribution < 1.29 is 9.47 Å². The predicted octanol–water partition coefficient (Wildman–Crippen LogP) is 2.06. The SMILES string of the molecule is CC1(C)CC2(CNCCO2)c2ccccc2O1. The standard InChI is InChI=1S/C14H19NO2/c1-13(2)9-14(10-15-7-8-16-14)11-5-3-4-6-12(11)17-13/h3-6,15H,7-10H2,1-2H3. The van der Waals surface area contributed by atoms with Gasteiger partial charge in [0, 0.05) is 25.1 Å². The molecule has 17 heavy (non-hydrogen) atoms. The minimum absolute atomic E-state index is 0.173. The number of para-hydroxylation sites is 1. The Bertz CT molecular complexity index is 422. The predicted molar refractivity (Wildman–Crippen MR) is 66.3 cm³/mol. The summed E-state index contributed by atoms with van der Waals surface area (Å²) in [5, 5.41) is 3.44. The number of ether oxygens (including phenoxy) is 2. The molecule has 1 unspecified atom stereocenters. The van der Waals surface area contributed by atoms with Crippen LogP contribution in [0.2, 0.25) is 0 Å². The molecule has 1 aromatic carbocycles. The lowest BCUT2D eigenvalue weighted by molar-refractivity contribution is -0.125. The van der Waals surface area contributed by atoms with Gasteiger partial charge in [0.25, 0.3) is 0 Å². The molecule has 0 radical (unpaired) electrons. The summed E-state index contributed by atoms with van der Waals surface area (Å²) < 4.78 is 12.2. The number of morpholine rings is 1. The highest BCUT2D eigenvalue weighted by Gasteiger charge is 2.46. The first-order valence-electron chi connectivity index (χ1n) is 6.25. The maximum atomic E-state index is 6.13. The molecule has 1 aromatic rings. The minimum Gasteiger partial charge on any atom is -0.487 e. The molecule has 2 aliphatic heterocycles. The Morgan fingerprint density at radius 2 is 2.06 bits per heavy atom. The topological polar surface area (TPSA) is 30.5 Å². The van der Waals surface area contributed by atoms with Gasteiger partial charge in [0.1, 0.15) is 17.0 Å². The van der Waals surface area contributed by atoms with Crippen LogP contribution in [0.5, 0.6) is 5.75 Å². The summed E-state index contributed by atoms with van der Waals surface area (Å²) in [7, 11) is 0. The van der Waals surface area contributed by atoms with Crippen LogP contribution >= 0.6 is 0 Å². The van der Waals surface area contributed by atoms with Gasteiger partial charge in [-0.15, -0.1) is 0 Å². The van der Waals surface area contributed by atoms with Gasteiger partial charge in [-0.3, -0.25) is 0 Å². The second-order valence-corrected chi connectivity index (χ2v) is 5.55. The summed E-state index contributed by atoms with van der Waals surface area (Å²) in [6, 6.07) is 8.23. The van der Waals surface area contributed by atoms with Crippen molar-refractivity contribution in [2.45, 2.75) is 31.5 Å². The third-order valence-corrected chi connectivity index (χ3v) is 3.54. The molecule has 1 fully saturated rings. The summed E-state index contributed by atoms with van der Waals surface area (Å²) in [4.78, 5) is 0. The molecule has 1 spiro atoms. The Labute approximate surface area is 102 Å². The Balaban J connectivity index is 2.08. The number of rotatable bonds is 0. The molecule has 1 saturated heterocycles. The van der Waals surface area contributed by atoms with Crippen LogP contribution < -0.4 is 10.1 Å². The highest BCUT2D eigenvalue weighted by atomic mass is 16.5. The minimum atomic E-state index is -0.212. The zero-order chi connectivity index (χ0) is 11.9. The smallest absolute Gasteiger partial charge is 0.126 e. The van der Waals surface area contributed by atoms with Gasteiger partial charge in [-0.1, -0.05) is 18.2 Å². The van der Waals surface area contributed by atoms with Crippen molar-refractivity contribution in [3.63, 3.8) is 0 Å². The quantitative estimate of drug-likeness (QED) is 0.744. The fraction of sp³-hybridized carbons (Fsp3) is 0.571. The highest BCUT2D eigenvalue weighted by Crippen LogP contribution is 2.45. The molecule has 2 aliphatic rings. The van der Waals surface area contributed by atoms with Crippen LogP contribution in [0.3, 0.4) is 0 Å². The molecule has 0 aliphatic carbocycles. The first-order chi connectivity index (χ1) is 8.11. The average molecular weight is 233 g/mol. The molecule has 0 aromatic heterocycles. The van der Waals surface area contributed by atoms with Crippen molar-refractivity contribution in [3.05, 3.63) is 29.8 Å². The molecule has 1 atom stereocenters. The van der Waals surface area contributed by atoms with E-state index in [4.69, 9.17) is 9.47 Å². The van der Waals surface area contributed by atoms with Crippen molar-refractivity contribution in [3.8, 4) is 5.75 Å². The molecular formula is C14H19NO2. The first-order valence-corrected chi connectivity index (χ1v) is 6.25. The van der Waals surface area contributed by atoms with Crippen LogP contribution in [0.4, 0.5) is 0 Å². The monoisotopic (exact) mass is 233 g/mol. The lowest BCUT2D eigenvalue weighted by Crippen LogP contribution is -2.54.